The smallest absolute Gasteiger partial charge is 0.175 e. The number of aromatic amines is 1. The number of sulfone groups is 1. The minimum Gasteiger partial charge on any atom is -0.335 e. The minimum atomic E-state index is -3.32. The van der Waals surface area contributed by atoms with Crippen LogP contribution < -0.4 is 5.32 Å². The van der Waals surface area contributed by atoms with Crippen LogP contribution in [0.25, 0.3) is 21.8 Å². The van der Waals surface area contributed by atoms with Gasteiger partial charge in [-0.1, -0.05) is 11.6 Å². The zero-order valence-electron chi connectivity index (χ0n) is 14.9. The fraction of sp³-hybridized carbons (Fsp3) is 0.235. The molecule has 0 atom stereocenters. The Morgan fingerprint density at radius 3 is 2.67 bits per heavy atom. The van der Waals surface area contributed by atoms with Gasteiger partial charge in [0.1, 0.15) is 5.52 Å². The first kappa shape index (κ1) is 17.7. The molecule has 4 rings (SSSR count). The SMILES string of the molecule is CC(C)n1ncc(Nc2nc3ccc(S(C)(=O)=O)cc3c3cn[nH]c23)c1Cl. The molecule has 2 N–H and O–H groups in total. The zero-order valence-corrected chi connectivity index (χ0v) is 16.4. The Hall–Kier alpha value is -2.65. The summed E-state index contributed by atoms with van der Waals surface area (Å²) in [4.78, 5) is 4.85. The largest absolute Gasteiger partial charge is 0.335 e. The summed E-state index contributed by atoms with van der Waals surface area (Å²) in [7, 11) is -3.32. The topological polar surface area (TPSA) is 106 Å². The molecule has 3 aromatic heterocycles. The van der Waals surface area contributed by atoms with Crippen molar-refractivity contribution in [1.82, 2.24) is 25.0 Å². The van der Waals surface area contributed by atoms with E-state index in [9.17, 15) is 8.42 Å². The molecule has 0 radical (unpaired) electrons. The van der Waals surface area contributed by atoms with Gasteiger partial charge in [-0.2, -0.15) is 10.2 Å². The van der Waals surface area contributed by atoms with Crippen LogP contribution in [0, 0.1) is 0 Å². The number of anilines is 2. The molecule has 8 nitrogen and oxygen atoms in total. The third kappa shape index (κ3) is 3.02. The number of benzene rings is 1. The van der Waals surface area contributed by atoms with E-state index in [1.165, 1.54) is 6.26 Å². The number of halogens is 1. The van der Waals surface area contributed by atoms with Crippen LogP contribution in [-0.4, -0.2) is 39.6 Å². The van der Waals surface area contributed by atoms with Crippen molar-refractivity contribution in [2.24, 2.45) is 0 Å². The van der Waals surface area contributed by atoms with Crippen LogP contribution in [0.2, 0.25) is 5.15 Å². The van der Waals surface area contributed by atoms with E-state index in [4.69, 9.17) is 11.6 Å². The molecule has 3 heterocycles. The summed E-state index contributed by atoms with van der Waals surface area (Å²) in [6.07, 6.45) is 4.47. The average molecular weight is 405 g/mol. The second-order valence-corrected chi connectivity index (χ2v) is 8.96. The number of hydrogen-bond acceptors (Lipinski definition) is 6. The van der Waals surface area contributed by atoms with Crippen molar-refractivity contribution >= 4 is 54.7 Å². The third-order valence-electron chi connectivity index (χ3n) is 4.27. The van der Waals surface area contributed by atoms with Crippen LogP contribution in [0.3, 0.4) is 0 Å². The van der Waals surface area contributed by atoms with Gasteiger partial charge in [0.25, 0.3) is 0 Å². The fourth-order valence-corrected chi connectivity index (χ4v) is 3.90. The van der Waals surface area contributed by atoms with E-state index >= 15 is 0 Å². The molecular formula is C17H17ClN6O2S. The lowest BCUT2D eigenvalue weighted by molar-refractivity contribution is 0.533. The first-order chi connectivity index (χ1) is 12.8. The van der Waals surface area contributed by atoms with Crippen molar-refractivity contribution in [2.45, 2.75) is 24.8 Å². The normalized spacial score (nSPS) is 12.3. The van der Waals surface area contributed by atoms with Crippen molar-refractivity contribution in [3.05, 3.63) is 35.7 Å². The molecule has 0 saturated carbocycles. The Labute approximate surface area is 160 Å². The van der Waals surface area contributed by atoms with E-state index in [1.54, 1.807) is 35.3 Å². The summed E-state index contributed by atoms with van der Waals surface area (Å²) >= 11 is 6.40. The van der Waals surface area contributed by atoms with Gasteiger partial charge in [-0.3, -0.25) is 5.10 Å². The number of aromatic nitrogens is 5. The van der Waals surface area contributed by atoms with E-state index in [0.717, 1.165) is 5.39 Å². The maximum absolute atomic E-state index is 11.9. The summed E-state index contributed by atoms with van der Waals surface area (Å²) in [5.41, 5.74) is 1.92. The lowest BCUT2D eigenvalue weighted by Gasteiger charge is -2.10. The van der Waals surface area contributed by atoms with Crippen molar-refractivity contribution in [1.29, 1.82) is 0 Å². The summed E-state index contributed by atoms with van der Waals surface area (Å²) in [6.45, 7) is 3.98. The molecule has 0 amide bonds. The van der Waals surface area contributed by atoms with Crippen LogP contribution in [0.1, 0.15) is 19.9 Å². The van der Waals surface area contributed by atoms with Gasteiger partial charge in [-0.15, -0.1) is 0 Å². The van der Waals surface area contributed by atoms with Gasteiger partial charge in [-0.25, -0.2) is 18.1 Å². The van der Waals surface area contributed by atoms with Crippen molar-refractivity contribution in [3.63, 3.8) is 0 Å². The van der Waals surface area contributed by atoms with E-state index in [1.807, 2.05) is 13.8 Å². The Morgan fingerprint density at radius 1 is 1.22 bits per heavy atom. The van der Waals surface area contributed by atoms with E-state index in [-0.39, 0.29) is 10.9 Å². The number of hydrogen-bond donors (Lipinski definition) is 2. The molecule has 0 aliphatic carbocycles. The van der Waals surface area contributed by atoms with Gasteiger partial charge in [0.05, 0.1) is 28.5 Å². The molecule has 140 valence electrons. The Kier molecular flexibility index (Phi) is 4.08. The summed E-state index contributed by atoms with van der Waals surface area (Å²) in [5.74, 6) is 0.535. The van der Waals surface area contributed by atoms with Crippen molar-refractivity contribution in [3.8, 4) is 0 Å². The van der Waals surface area contributed by atoms with Crippen molar-refractivity contribution < 1.29 is 8.42 Å². The van der Waals surface area contributed by atoms with Gasteiger partial charge in [0.2, 0.25) is 0 Å². The lowest BCUT2D eigenvalue weighted by atomic mass is 10.1. The predicted molar refractivity (Wildman–Crippen MR) is 105 cm³/mol. The number of H-pyrrole nitrogens is 1. The van der Waals surface area contributed by atoms with Gasteiger partial charge in [0.15, 0.2) is 20.8 Å². The van der Waals surface area contributed by atoms with Crippen LogP contribution >= 0.6 is 11.6 Å². The van der Waals surface area contributed by atoms with Gasteiger partial charge in [0, 0.05) is 23.1 Å². The average Bonchev–Trinajstić information content (AvgIpc) is 3.21. The molecular weight excluding hydrogens is 388 g/mol. The van der Waals surface area contributed by atoms with Gasteiger partial charge < -0.3 is 5.32 Å². The fourth-order valence-electron chi connectivity index (χ4n) is 2.92. The second kappa shape index (κ2) is 6.21. The molecule has 0 unspecified atom stereocenters. The molecule has 27 heavy (non-hydrogen) atoms. The molecule has 0 spiro atoms. The van der Waals surface area contributed by atoms with Crippen LogP contribution in [0.5, 0.6) is 0 Å². The summed E-state index contributed by atoms with van der Waals surface area (Å²) < 4.78 is 25.4. The molecule has 10 heteroatoms. The summed E-state index contributed by atoms with van der Waals surface area (Å²) in [5, 5.41) is 16.4. The predicted octanol–water partition coefficient (Wildman–Crippen LogP) is 3.69. The summed E-state index contributed by atoms with van der Waals surface area (Å²) in [6, 6.07) is 4.97. The Morgan fingerprint density at radius 2 is 2.00 bits per heavy atom. The van der Waals surface area contributed by atoms with Gasteiger partial charge >= 0.3 is 0 Å². The second-order valence-electron chi connectivity index (χ2n) is 6.58. The zero-order chi connectivity index (χ0) is 19.3. The number of pyridine rings is 1. The highest BCUT2D eigenvalue weighted by Gasteiger charge is 2.17. The highest BCUT2D eigenvalue weighted by molar-refractivity contribution is 7.90. The quantitative estimate of drug-likeness (QED) is 0.537. The number of rotatable bonds is 4. The Bertz CT molecular complexity index is 1280. The maximum atomic E-state index is 11.9. The first-order valence-electron chi connectivity index (χ1n) is 8.22. The van der Waals surface area contributed by atoms with Crippen LogP contribution in [0.15, 0.2) is 35.5 Å². The molecule has 1 aromatic carbocycles. The molecule has 0 fully saturated rings. The van der Waals surface area contributed by atoms with Crippen molar-refractivity contribution in [2.75, 3.05) is 11.6 Å². The van der Waals surface area contributed by atoms with E-state index in [0.29, 0.717) is 33.1 Å². The standard InChI is InChI=1S/C17H17ClN6O2S/c1-9(2)24-16(18)14(8-20-24)22-17-15-12(7-19-23-15)11-6-10(27(3,25)26)4-5-13(11)21-17/h4-9H,1-3H3,(H,19,23)(H,21,22). The third-order valence-corrected chi connectivity index (χ3v) is 5.76. The molecule has 0 aliphatic rings. The number of fused-ring (bicyclic) bond motifs is 3. The van der Waals surface area contributed by atoms with E-state index in [2.05, 4.69) is 25.6 Å². The first-order valence-corrected chi connectivity index (χ1v) is 10.5. The lowest BCUT2D eigenvalue weighted by Crippen LogP contribution is -2.03. The van der Waals surface area contributed by atoms with Crippen LogP contribution in [-0.2, 0) is 9.84 Å². The van der Waals surface area contributed by atoms with Gasteiger partial charge in [-0.05, 0) is 32.0 Å². The number of nitrogens with one attached hydrogen (secondary N) is 2. The maximum Gasteiger partial charge on any atom is 0.175 e. The highest BCUT2D eigenvalue weighted by Crippen LogP contribution is 2.33. The monoisotopic (exact) mass is 404 g/mol. The Balaban J connectivity index is 1.88. The van der Waals surface area contributed by atoms with Crippen LogP contribution in [0.4, 0.5) is 11.5 Å². The molecule has 4 aromatic rings. The van der Waals surface area contributed by atoms with E-state index < -0.39 is 9.84 Å². The molecule has 0 aliphatic heterocycles. The highest BCUT2D eigenvalue weighted by atomic mass is 35.5. The number of nitrogens with zero attached hydrogens (tertiary/aromatic N) is 4. The minimum absolute atomic E-state index is 0.124. The molecule has 0 saturated heterocycles. The molecule has 0 bridgehead atoms.